The molecule has 2 fully saturated rings. The van der Waals surface area contributed by atoms with Gasteiger partial charge >= 0.3 is 11.8 Å². The van der Waals surface area contributed by atoms with Crippen LogP contribution in [0, 0.1) is 17.8 Å². The summed E-state index contributed by atoms with van der Waals surface area (Å²) in [4.78, 5) is 0. The summed E-state index contributed by atoms with van der Waals surface area (Å²) in [6.45, 7) is 2.13. The van der Waals surface area contributed by atoms with Crippen LogP contribution in [0.3, 0.4) is 0 Å². The second kappa shape index (κ2) is 7.44. The molecule has 25 heavy (non-hydrogen) atoms. The minimum Gasteiger partial charge on any atom is -0.194 e. The van der Waals surface area contributed by atoms with Gasteiger partial charge in [0.05, 0.1) is 0 Å². The van der Waals surface area contributed by atoms with Crippen molar-refractivity contribution in [3.05, 3.63) is 23.3 Å². The largest absolute Gasteiger partial charge is 0.336 e. The number of allylic oxidation sites excluding steroid dienone is 4. The lowest BCUT2D eigenvalue weighted by molar-refractivity contribution is -0.173. The summed E-state index contributed by atoms with van der Waals surface area (Å²) in [6.07, 6.45) is 11.9. The standard InChI is InChI=1S/C21H30F4/c1-2-6-15-9-11-17(12-10-15)19-14-13-18(16-7-4-3-5-8-16)20(22,23)21(19,24)25/h13-17H,2-12H2,1H3. The predicted octanol–water partition coefficient (Wildman–Crippen LogP) is 7.31. The molecule has 0 aromatic rings. The zero-order valence-corrected chi connectivity index (χ0v) is 15.2. The van der Waals surface area contributed by atoms with E-state index in [1.165, 1.54) is 12.2 Å². The molecule has 0 nitrogen and oxygen atoms in total. The van der Waals surface area contributed by atoms with E-state index in [1.807, 2.05) is 0 Å². The molecular weight excluding hydrogens is 328 g/mol. The Morgan fingerprint density at radius 3 is 1.72 bits per heavy atom. The van der Waals surface area contributed by atoms with Gasteiger partial charge in [-0.05, 0) is 56.3 Å². The first kappa shape index (κ1) is 19.0. The topological polar surface area (TPSA) is 0 Å². The third-order valence-electron chi connectivity index (χ3n) is 6.59. The Kier molecular flexibility index (Phi) is 5.65. The van der Waals surface area contributed by atoms with Crippen molar-refractivity contribution in [3.8, 4) is 0 Å². The number of hydrogen-bond donors (Lipinski definition) is 0. The van der Waals surface area contributed by atoms with Gasteiger partial charge in [0, 0.05) is 11.1 Å². The monoisotopic (exact) mass is 358 g/mol. The maximum atomic E-state index is 14.8. The van der Waals surface area contributed by atoms with E-state index in [4.69, 9.17) is 0 Å². The number of halogens is 4. The molecule has 0 saturated heterocycles. The van der Waals surface area contributed by atoms with Crippen LogP contribution in [0.15, 0.2) is 23.3 Å². The lowest BCUT2D eigenvalue weighted by Crippen LogP contribution is -2.49. The second-order valence-corrected chi connectivity index (χ2v) is 8.23. The molecule has 0 amide bonds. The SMILES string of the molecule is CCCC1CCC(C2=CC=C(C3CCCCC3)C(F)(F)C2(F)F)CC1. The van der Waals surface area contributed by atoms with Crippen molar-refractivity contribution in [2.75, 3.05) is 0 Å². The first-order valence-corrected chi connectivity index (χ1v) is 10.1. The molecule has 0 bridgehead atoms. The molecule has 0 aromatic heterocycles. The average Bonchev–Trinajstić information content (AvgIpc) is 2.59. The smallest absolute Gasteiger partial charge is 0.194 e. The fraction of sp³-hybridized carbons (Fsp3) is 0.810. The molecule has 4 heteroatoms. The zero-order valence-electron chi connectivity index (χ0n) is 15.2. The minimum absolute atomic E-state index is 0.313. The quantitative estimate of drug-likeness (QED) is 0.462. The number of rotatable bonds is 4. The van der Waals surface area contributed by atoms with Crippen molar-refractivity contribution in [1.29, 1.82) is 0 Å². The van der Waals surface area contributed by atoms with E-state index in [0.717, 1.165) is 44.9 Å². The average molecular weight is 358 g/mol. The summed E-state index contributed by atoms with van der Waals surface area (Å²) in [7, 11) is 0. The van der Waals surface area contributed by atoms with Gasteiger partial charge in [-0.25, -0.2) is 0 Å². The Morgan fingerprint density at radius 1 is 0.760 bits per heavy atom. The Balaban J connectivity index is 1.80. The van der Waals surface area contributed by atoms with E-state index in [-0.39, 0.29) is 17.1 Å². The third kappa shape index (κ3) is 3.55. The molecule has 3 rings (SSSR count). The molecule has 0 spiro atoms. The number of hydrogen-bond acceptors (Lipinski definition) is 0. The third-order valence-corrected chi connectivity index (χ3v) is 6.59. The molecule has 0 aromatic carbocycles. The van der Waals surface area contributed by atoms with Crippen LogP contribution in [-0.2, 0) is 0 Å². The summed E-state index contributed by atoms with van der Waals surface area (Å²) in [6, 6.07) is 0. The molecule has 0 heterocycles. The molecule has 0 aliphatic heterocycles. The molecule has 0 atom stereocenters. The van der Waals surface area contributed by atoms with Crippen molar-refractivity contribution in [1.82, 2.24) is 0 Å². The summed E-state index contributed by atoms with van der Waals surface area (Å²) in [5.74, 6) is -8.25. The van der Waals surface area contributed by atoms with Gasteiger partial charge in [-0.1, -0.05) is 51.2 Å². The molecule has 0 radical (unpaired) electrons. The van der Waals surface area contributed by atoms with Crippen molar-refractivity contribution in [3.63, 3.8) is 0 Å². The van der Waals surface area contributed by atoms with E-state index < -0.39 is 17.8 Å². The van der Waals surface area contributed by atoms with Crippen LogP contribution in [0.2, 0.25) is 0 Å². The highest BCUT2D eigenvalue weighted by molar-refractivity contribution is 5.40. The van der Waals surface area contributed by atoms with Crippen molar-refractivity contribution in [2.45, 2.75) is 89.4 Å². The Hall–Kier alpha value is -0.800. The fourth-order valence-electron chi connectivity index (χ4n) is 5.12. The van der Waals surface area contributed by atoms with E-state index in [2.05, 4.69) is 6.92 Å². The predicted molar refractivity (Wildman–Crippen MR) is 93.0 cm³/mol. The first-order chi connectivity index (χ1) is 11.9. The maximum Gasteiger partial charge on any atom is 0.336 e. The van der Waals surface area contributed by atoms with Gasteiger partial charge in [-0.15, -0.1) is 0 Å². The van der Waals surface area contributed by atoms with E-state index in [9.17, 15) is 17.6 Å². The first-order valence-electron chi connectivity index (χ1n) is 10.1. The van der Waals surface area contributed by atoms with Gasteiger partial charge in [0.25, 0.3) is 0 Å². The maximum absolute atomic E-state index is 14.8. The van der Waals surface area contributed by atoms with Crippen LogP contribution in [0.5, 0.6) is 0 Å². The lowest BCUT2D eigenvalue weighted by atomic mass is 9.70. The molecule has 2 saturated carbocycles. The van der Waals surface area contributed by atoms with Gasteiger partial charge in [0.15, 0.2) is 0 Å². The van der Waals surface area contributed by atoms with E-state index >= 15 is 0 Å². The Morgan fingerprint density at radius 2 is 1.24 bits per heavy atom. The van der Waals surface area contributed by atoms with Gasteiger partial charge in [-0.2, -0.15) is 17.6 Å². The van der Waals surface area contributed by atoms with Crippen LogP contribution in [0.1, 0.15) is 77.6 Å². The van der Waals surface area contributed by atoms with Crippen LogP contribution in [0.4, 0.5) is 17.6 Å². The zero-order chi connectivity index (χ0) is 18.1. The minimum atomic E-state index is -4.03. The fourth-order valence-corrected chi connectivity index (χ4v) is 5.12. The van der Waals surface area contributed by atoms with Crippen molar-refractivity contribution in [2.24, 2.45) is 17.8 Å². The van der Waals surface area contributed by atoms with E-state index in [1.54, 1.807) is 0 Å². The van der Waals surface area contributed by atoms with Crippen LogP contribution in [0.25, 0.3) is 0 Å². The van der Waals surface area contributed by atoms with Crippen molar-refractivity contribution < 1.29 is 17.6 Å². The molecular formula is C21H30F4. The normalized spacial score (nSPS) is 32.8. The van der Waals surface area contributed by atoms with Gasteiger partial charge in [0.2, 0.25) is 0 Å². The number of alkyl halides is 4. The Labute approximate surface area is 148 Å². The van der Waals surface area contributed by atoms with E-state index in [0.29, 0.717) is 31.6 Å². The summed E-state index contributed by atoms with van der Waals surface area (Å²) >= 11 is 0. The van der Waals surface area contributed by atoms with Gasteiger partial charge in [-0.3, -0.25) is 0 Å². The molecule has 0 N–H and O–H groups in total. The summed E-state index contributed by atoms with van der Waals surface area (Å²) in [5.41, 5.74) is -0.632. The van der Waals surface area contributed by atoms with Gasteiger partial charge in [0.1, 0.15) is 0 Å². The lowest BCUT2D eigenvalue weighted by Gasteiger charge is -2.41. The highest BCUT2D eigenvalue weighted by Gasteiger charge is 2.63. The highest BCUT2D eigenvalue weighted by Crippen LogP contribution is 2.54. The second-order valence-electron chi connectivity index (χ2n) is 8.23. The summed E-state index contributed by atoms with van der Waals surface area (Å²) in [5, 5.41) is 0. The van der Waals surface area contributed by atoms with Crippen LogP contribution >= 0.6 is 0 Å². The Bertz CT molecular complexity index is 518. The highest BCUT2D eigenvalue weighted by atomic mass is 19.3. The molecule has 0 unspecified atom stereocenters. The van der Waals surface area contributed by atoms with Gasteiger partial charge < -0.3 is 0 Å². The summed E-state index contributed by atoms with van der Waals surface area (Å²) < 4.78 is 59.2. The van der Waals surface area contributed by atoms with Crippen LogP contribution < -0.4 is 0 Å². The molecule has 3 aliphatic carbocycles. The van der Waals surface area contributed by atoms with Crippen LogP contribution in [-0.4, -0.2) is 11.8 Å². The van der Waals surface area contributed by atoms with Crippen molar-refractivity contribution >= 4 is 0 Å². The molecule has 142 valence electrons. The molecule has 3 aliphatic rings.